The molecule has 2 rings (SSSR count). The zero-order chi connectivity index (χ0) is 15.4. The lowest BCUT2D eigenvalue weighted by atomic mass is 10.2. The summed E-state index contributed by atoms with van der Waals surface area (Å²) >= 11 is 3.46. The van der Waals surface area contributed by atoms with Crippen molar-refractivity contribution in [3.05, 3.63) is 51.4 Å². The number of aryl methyl sites for hydroxylation is 2. The standard InChI is InChI=1S/C17H22BrNO2/c1-11(2)19-9-17-13(4)7-15(21-17)10-20-16-8-14(18)6-5-12(16)3/h5-8,11,19H,9-10H2,1-4H3. The number of rotatable bonds is 6. The maximum Gasteiger partial charge on any atom is 0.146 e. The molecule has 0 bridgehead atoms. The van der Waals surface area contributed by atoms with Crippen LogP contribution in [0.15, 0.2) is 33.2 Å². The van der Waals surface area contributed by atoms with Crippen LogP contribution in [0, 0.1) is 13.8 Å². The van der Waals surface area contributed by atoms with Gasteiger partial charge in [-0.05, 0) is 43.2 Å². The topological polar surface area (TPSA) is 34.4 Å². The monoisotopic (exact) mass is 351 g/mol. The summed E-state index contributed by atoms with van der Waals surface area (Å²) in [7, 11) is 0. The van der Waals surface area contributed by atoms with Gasteiger partial charge in [-0.1, -0.05) is 35.8 Å². The number of halogens is 1. The molecule has 0 atom stereocenters. The Hall–Kier alpha value is -1.26. The fourth-order valence-electron chi connectivity index (χ4n) is 2.01. The molecule has 0 fully saturated rings. The molecule has 2 aromatic rings. The summed E-state index contributed by atoms with van der Waals surface area (Å²) in [5, 5.41) is 3.37. The first-order valence-corrected chi connectivity index (χ1v) is 7.95. The molecule has 0 amide bonds. The van der Waals surface area contributed by atoms with Crippen LogP contribution in [0.5, 0.6) is 5.75 Å². The second kappa shape index (κ2) is 7.14. The largest absolute Gasteiger partial charge is 0.485 e. The molecule has 0 aliphatic rings. The van der Waals surface area contributed by atoms with Crippen LogP contribution in [-0.4, -0.2) is 6.04 Å². The minimum atomic E-state index is 0.443. The predicted octanol–water partition coefficient (Wildman–Crippen LogP) is 4.74. The van der Waals surface area contributed by atoms with Crippen LogP contribution in [0.4, 0.5) is 0 Å². The van der Waals surface area contributed by atoms with Crippen molar-refractivity contribution in [2.24, 2.45) is 0 Å². The number of benzene rings is 1. The van der Waals surface area contributed by atoms with E-state index in [1.54, 1.807) is 0 Å². The van der Waals surface area contributed by atoms with Gasteiger partial charge in [0.25, 0.3) is 0 Å². The zero-order valence-corrected chi connectivity index (χ0v) is 14.6. The Morgan fingerprint density at radius 3 is 2.67 bits per heavy atom. The molecule has 4 heteroatoms. The van der Waals surface area contributed by atoms with Crippen molar-refractivity contribution in [3.8, 4) is 5.75 Å². The molecule has 1 N–H and O–H groups in total. The van der Waals surface area contributed by atoms with Crippen molar-refractivity contribution in [3.63, 3.8) is 0 Å². The summed E-state index contributed by atoms with van der Waals surface area (Å²) in [5.41, 5.74) is 2.27. The van der Waals surface area contributed by atoms with Gasteiger partial charge in [0, 0.05) is 10.5 Å². The molecule has 0 radical (unpaired) electrons. The molecule has 0 aliphatic carbocycles. The van der Waals surface area contributed by atoms with Gasteiger partial charge in [0.15, 0.2) is 0 Å². The Morgan fingerprint density at radius 2 is 1.95 bits per heavy atom. The minimum absolute atomic E-state index is 0.443. The van der Waals surface area contributed by atoms with E-state index in [0.29, 0.717) is 12.6 Å². The highest BCUT2D eigenvalue weighted by Gasteiger charge is 2.09. The van der Waals surface area contributed by atoms with Gasteiger partial charge in [-0.2, -0.15) is 0 Å². The first-order valence-electron chi connectivity index (χ1n) is 7.16. The smallest absolute Gasteiger partial charge is 0.146 e. The molecule has 0 saturated carbocycles. The van der Waals surface area contributed by atoms with Crippen molar-refractivity contribution in [1.82, 2.24) is 5.32 Å². The van der Waals surface area contributed by atoms with Crippen LogP contribution >= 0.6 is 15.9 Å². The van der Waals surface area contributed by atoms with E-state index < -0.39 is 0 Å². The van der Waals surface area contributed by atoms with Crippen molar-refractivity contribution < 1.29 is 9.15 Å². The average Bonchev–Trinajstić information content (AvgIpc) is 2.78. The maximum atomic E-state index is 5.86. The molecular weight excluding hydrogens is 330 g/mol. The molecule has 0 spiro atoms. The van der Waals surface area contributed by atoms with E-state index >= 15 is 0 Å². The molecular formula is C17H22BrNO2. The number of nitrogens with one attached hydrogen (secondary N) is 1. The van der Waals surface area contributed by atoms with E-state index in [1.807, 2.05) is 31.2 Å². The second-order valence-corrected chi connectivity index (χ2v) is 6.47. The first-order chi connectivity index (χ1) is 9.95. The van der Waals surface area contributed by atoms with Crippen LogP contribution in [0.25, 0.3) is 0 Å². The number of hydrogen-bond acceptors (Lipinski definition) is 3. The third-order valence-electron chi connectivity index (χ3n) is 3.26. The Kier molecular flexibility index (Phi) is 5.48. The van der Waals surface area contributed by atoms with E-state index in [0.717, 1.165) is 39.4 Å². The van der Waals surface area contributed by atoms with E-state index in [9.17, 15) is 0 Å². The summed E-state index contributed by atoms with van der Waals surface area (Å²) in [6, 6.07) is 8.51. The summed E-state index contributed by atoms with van der Waals surface area (Å²) in [4.78, 5) is 0. The highest BCUT2D eigenvalue weighted by Crippen LogP contribution is 2.24. The summed E-state index contributed by atoms with van der Waals surface area (Å²) in [6.07, 6.45) is 0. The van der Waals surface area contributed by atoms with Crippen LogP contribution in [0.1, 0.15) is 36.5 Å². The fraction of sp³-hybridized carbons (Fsp3) is 0.412. The Morgan fingerprint density at radius 1 is 1.19 bits per heavy atom. The van der Waals surface area contributed by atoms with Crippen molar-refractivity contribution in [2.75, 3.05) is 0 Å². The summed E-state index contributed by atoms with van der Waals surface area (Å²) in [6.45, 7) is 9.54. The molecule has 1 heterocycles. The zero-order valence-electron chi connectivity index (χ0n) is 13.0. The molecule has 0 saturated heterocycles. The first kappa shape index (κ1) is 16.1. The van der Waals surface area contributed by atoms with Gasteiger partial charge in [0.2, 0.25) is 0 Å². The third kappa shape index (κ3) is 4.61. The molecule has 1 aromatic carbocycles. The maximum absolute atomic E-state index is 5.86. The van der Waals surface area contributed by atoms with E-state index in [-0.39, 0.29) is 0 Å². The molecule has 1 aromatic heterocycles. The SMILES string of the molecule is Cc1ccc(Br)cc1OCc1cc(C)c(CNC(C)C)o1. The van der Waals surface area contributed by atoms with Crippen LogP contribution in [-0.2, 0) is 13.2 Å². The van der Waals surface area contributed by atoms with Crippen LogP contribution in [0.3, 0.4) is 0 Å². The van der Waals surface area contributed by atoms with Gasteiger partial charge >= 0.3 is 0 Å². The molecule has 3 nitrogen and oxygen atoms in total. The predicted molar refractivity (Wildman–Crippen MR) is 88.6 cm³/mol. The second-order valence-electron chi connectivity index (χ2n) is 5.55. The van der Waals surface area contributed by atoms with Crippen molar-refractivity contribution in [1.29, 1.82) is 0 Å². The Balaban J connectivity index is 2.00. The molecule has 114 valence electrons. The third-order valence-corrected chi connectivity index (χ3v) is 3.76. The van der Waals surface area contributed by atoms with E-state index in [4.69, 9.17) is 9.15 Å². The lowest BCUT2D eigenvalue weighted by Gasteiger charge is -2.08. The molecule has 21 heavy (non-hydrogen) atoms. The van der Waals surface area contributed by atoms with Crippen molar-refractivity contribution >= 4 is 15.9 Å². The Labute approximate surface area is 134 Å². The van der Waals surface area contributed by atoms with Gasteiger partial charge in [0.1, 0.15) is 23.9 Å². The van der Waals surface area contributed by atoms with Gasteiger partial charge in [-0.15, -0.1) is 0 Å². The van der Waals surface area contributed by atoms with Crippen LogP contribution in [0.2, 0.25) is 0 Å². The molecule has 0 unspecified atom stereocenters. The highest BCUT2D eigenvalue weighted by atomic mass is 79.9. The lowest BCUT2D eigenvalue weighted by molar-refractivity contribution is 0.263. The van der Waals surface area contributed by atoms with E-state index in [2.05, 4.69) is 42.0 Å². The number of ether oxygens (including phenoxy) is 1. The van der Waals surface area contributed by atoms with E-state index in [1.165, 1.54) is 0 Å². The minimum Gasteiger partial charge on any atom is -0.485 e. The van der Waals surface area contributed by atoms with Crippen molar-refractivity contribution in [2.45, 2.75) is 46.9 Å². The normalized spacial score (nSPS) is 11.1. The van der Waals surface area contributed by atoms with Gasteiger partial charge in [0.05, 0.1) is 6.54 Å². The van der Waals surface area contributed by atoms with Gasteiger partial charge in [-0.25, -0.2) is 0 Å². The summed E-state index contributed by atoms with van der Waals surface area (Å²) < 4.78 is 12.7. The fourth-order valence-corrected chi connectivity index (χ4v) is 2.35. The van der Waals surface area contributed by atoms with Gasteiger partial charge in [-0.3, -0.25) is 0 Å². The van der Waals surface area contributed by atoms with Crippen LogP contribution < -0.4 is 10.1 Å². The number of hydrogen-bond donors (Lipinski definition) is 1. The molecule has 0 aliphatic heterocycles. The lowest BCUT2D eigenvalue weighted by Crippen LogP contribution is -2.21. The average molecular weight is 352 g/mol. The highest BCUT2D eigenvalue weighted by molar-refractivity contribution is 9.10. The quantitative estimate of drug-likeness (QED) is 0.816. The number of furan rings is 1. The summed E-state index contributed by atoms with van der Waals surface area (Å²) in [5.74, 6) is 2.71. The van der Waals surface area contributed by atoms with Gasteiger partial charge < -0.3 is 14.5 Å². The Bertz CT molecular complexity index is 605.